The molecule has 3 aromatic rings. The van der Waals surface area contributed by atoms with Crippen LogP contribution in [0.15, 0.2) is 70.2 Å². The third-order valence-electron chi connectivity index (χ3n) is 4.66. The van der Waals surface area contributed by atoms with Gasteiger partial charge in [-0.2, -0.15) is 0 Å². The van der Waals surface area contributed by atoms with Gasteiger partial charge in [0.25, 0.3) is 0 Å². The van der Waals surface area contributed by atoms with Crippen LogP contribution in [0.4, 0.5) is 11.6 Å². The molecule has 1 aromatic heterocycles. The summed E-state index contributed by atoms with van der Waals surface area (Å²) in [5.41, 5.74) is 2.25. The minimum Gasteiger partial charge on any atom is -0.497 e. The van der Waals surface area contributed by atoms with E-state index in [1.54, 1.807) is 37.4 Å². The van der Waals surface area contributed by atoms with E-state index < -0.39 is 16.0 Å². The van der Waals surface area contributed by atoms with Crippen molar-refractivity contribution in [3.63, 3.8) is 0 Å². The van der Waals surface area contributed by atoms with Crippen LogP contribution in [0.5, 0.6) is 5.75 Å². The first kappa shape index (κ1) is 18.1. The van der Waals surface area contributed by atoms with Crippen molar-refractivity contribution in [2.75, 3.05) is 23.6 Å². The van der Waals surface area contributed by atoms with Gasteiger partial charge in [-0.3, -0.25) is 5.41 Å². The van der Waals surface area contributed by atoms with Gasteiger partial charge < -0.3 is 19.4 Å². The predicted molar refractivity (Wildman–Crippen MR) is 107 cm³/mol. The van der Waals surface area contributed by atoms with Crippen molar-refractivity contribution < 1.29 is 17.6 Å². The lowest BCUT2D eigenvalue weighted by molar-refractivity contribution is 0.415. The summed E-state index contributed by atoms with van der Waals surface area (Å²) < 4.78 is 34.2. The highest BCUT2D eigenvalue weighted by Gasteiger charge is 2.33. The molecule has 2 aromatic carbocycles. The summed E-state index contributed by atoms with van der Waals surface area (Å²) in [5, 5.41) is 12.0. The molecule has 0 saturated heterocycles. The van der Waals surface area contributed by atoms with Gasteiger partial charge in [0.15, 0.2) is 9.84 Å². The van der Waals surface area contributed by atoms with Crippen molar-refractivity contribution in [2.24, 2.45) is 0 Å². The Morgan fingerprint density at radius 3 is 2.36 bits per heavy atom. The quantitative estimate of drug-likeness (QED) is 0.698. The molecular formula is C20H19N3O4S. The lowest BCUT2D eigenvalue weighted by atomic mass is 10.1. The fourth-order valence-electron chi connectivity index (χ4n) is 3.21. The average Bonchev–Trinajstić information content (AvgIpc) is 3.17. The van der Waals surface area contributed by atoms with Crippen LogP contribution in [0, 0.1) is 5.41 Å². The molecule has 2 N–H and O–H groups in total. The van der Waals surface area contributed by atoms with Gasteiger partial charge in [-0.25, -0.2) is 8.42 Å². The lowest BCUT2D eigenvalue weighted by Crippen LogP contribution is -2.42. The van der Waals surface area contributed by atoms with Crippen LogP contribution in [-0.4, -0.2) is 27.6 Å². The Bertz CT molecular complexity index is 1120. The molecular weight excluding hydrogens is 378 g/mol. The lowest BCUT2D eigenvalue weighted by Gasteiger charge is -2.38. The Morgan fingerprint density at radius 1 is 1.07 bits per heavy atom. The Morgan fingerprint density at radius 2 is 1.75 bits per heavy atom. The summed E-state index contributed by atoms with van der Waals surface area (Å²) in [7, 11) is -1.68. The standard InChI is InChI=1S/C20H19N3O4S/c1-26-15-7-5-14(6-8-15)23-18(21)17-11-12-27-20(17)22-19(23)13-3-9-16(10-4-13)28(2,24)25/h3-12,19,21-22H,1-2H3. The van der Waals surface area contributed by atoms with E-state index in [0.29, 0.717) is 11.4 Å². The molecule has 7 nitrogen and oxygen atoms in total. The molecule has 8 heteroatoms. The van der Waals surface area contributed by atoms with Gasteiger partial charge in [-0.15, -0.1) is 0 Å². The van der Waals surface area contributed by atoms with Gasteiger partial charge in [0.05, 0.1) is 23.8 Å². The van der Waals surface area contributed by atoms with E-state index in [-0.39, 0.29) is 10.7 Å². The van der Waals surface area contributed by atoms with Crippen LogP contribution < -0.4 is 15.0 Å². The van der Waals surface area contributed by atoms with Crippen molar-refractivity contribution in [3.05, 3.63) is 72.0 Å². The first-order valence-corrected chi connectivity index (χ1v) is 10.4. The number of rotatable bonds is 4. The maximum absolute atomic E-state index is 11.8. The minimum atomic E-state index is -3.28. The maximum atomic E-state index is 11.8. The minimum absolute atomic E-state index is 0.247. The molecule has 0 bridgehead atoms. The molecule has 2 heterocycles. The van der Waals surface area contributed by atoms with Gasteiger partial charge in [0, 0.05) is 11.9 Å². The highest BCUT2D eigenvalue weighted by Crippen LogP contribution is 2.37. The summed E-state index contributed by atoms with van der Waals surface area (Å²) >= 11 is 0. The fourth-order valence-corrected chi connectivity index (χ4v) is 3.84. The summed E-state index contributed by atoms with van der Waals surface area (Å²) in [6.45, 7) is 0. The number of methoxy groups -OCH3 is 1. The summed E-state index contributed by atoms with van der Waals surface area (Å²) in [6.07, 6.45) is 2.27. The largest absolute Gasteiger partial charge is 0.497 e. The van der Waals surface area contributed by atoms with Crippen LogP contribution in [0.1, 0.15) is 17.3 Å². The number of anilines is 2. The Hall–Kier alpha value is -3.26. The van der Waals surface area contributed by atoms with Crippen LogP contribution in [0.3, 0.4) is 0 Å². The van der Waals surface area contributed by atoms with Gasteiger partial charge in [-0.1, -0.05) is 12.1 Å². The molecule has 144 valence electrons. The molecule has 1 atom stereocenters. The van der Waals surface area contributed by atoms with Crippen molar-refractivity contribution in [3.8, 4) is 5.75 Å². The second kappa shape index (κ2) is 6.72. The molecule has 1 aliphatic heterocycles. The predicted octanol–water partition coefficient (Wildman–Crippen LogP) is 3.65. The molecule has 4 rings (SSSR count). The highest BCUT2D eigenvalue weighted by atomic mass is 32.2. The number of ether oxygens (including phenoxy) is 1. The zero-order chi connectivity index (χ0) is 19.9. The van der Waals surface area contributed by atoms with Crippen molar-refractivity contribution in [1.82, 2.24) is 0 Å². The average molecular weight is 397 g/mol. The number of amidine groups is 1. The van der Waals surface area contributed by atoms with E-state index >= 15 is 0 Å². The first-order chi connectivity index (χ1) is 13.4. The molecule has 0 fully saturated rings. The number of benzene rings is 2. The molecule has 0 spiro atoms. The molecule has 1 unspecified atom stereocenters. The van der Waals surface area contributed by atoms with Crippen LogP contribution >= 0.6 is 0 Å². The van der Waals surface area contributed by atoms with E-state index in [9.17, 15) is 8.42 Å². The van der Waals surface area contributed by atoms with E-state index in [0.717, 1.165) is 17.0 Å². The Labute approximate surface area is 163 Å². The van der Waals surface area contributed by atoms with E-state index in [1.807, 2.05) is 29.2 Å². The number of nitrogens with one attached hydrogen (secondary N) is 2. The smallest absolute Gasteiger partial charge is 0.205 e. The van der Waals surface area contributed by atoms with E-state index in [1.165, 1.54) is 12.5 Å². The number of fused-ring (bicyclic) bond motifs is 1. The Balaban J connectivity index is 1.79. The summed E-state index contributed by atoms with van der Waals surface area (Å²) in [5.74, 6) is 1.51. The fraction of sp³-hybridized carbons (Fsp3) is 0.150. The number of nitrogens with zero attached hydrogens (tertiary/aromatic N) is 1. The van der Waals surface area contributed by atoms with Gasteiger partial charge in [-0.05, 0) is 48.0 Å². The third-order valence-corrected chi connectivity index (χ3v) is 5.79. The van der Waals surface area contributed by atoms with Crippen molar-refractivity contribution in [1.29, 1.82) is 5.41 Å². The number of sulfone groups is 1. The zero-order valence-electron chi connectivity index (χ0n) is 15.3. The van der Waals surface area contributed by atoms with Crippen LogP contribution in [0.2, 0.25) is 0 Å². The zero-order valence-corrected chi connectivity index (χ0v) is 16.2. The van der Waals surface area contributed by atoms with Crippen molar-refractivity contribution >= 4 is 27.2 Å². The van der Waals surface area contributed by atoms with Gasteiger partial charge in [0.1, 0.15) is 17.8 Å². The van der Waals surface area contributed by atoms with Gasteiger partial charge in [0.2, 0.25) is 5.88 Å². The normalized spacial score (nSPS) is 16.4. The maximum Gasteiger partial charge on any atom is 0.205 e. The second-order valence-corrected chi connectivity index (χ2v) is 8.48. The van der Waals surface area contributed by atoms with E-state index in [2.05, 4.69) is 5.32 Å². The Kier molecular flexibility index (Phi) is 4.35. The monoisotopic (exact) mass is 397 g/mol. The van der Waals surface area contributed by atoms with Crippen LogP contribution in [0.25, 0.3) is 0 Å². The topological polar surface area (TPSA) is 95.6 Å². The number of furan rings is 1. The van der Waals surface area contributed by atoms with E-state index in [4.69, 9.17) is 14.6 Å². The highest BCUT2D eigenvalue weighted by molar-refractivity contribution is 7.90. The third kappa shape index (κ3) is 3.11. The first-order valence-electron chi connectivity index (χ1n) is 8.55. The second-order valence-electron chi connectivity index (χ2n) is 6.47. The van der Waals surface area contributed by atoms with Crippen molar-refractivity contribution in [2.45, 2.75) is 11.1 Å². The molecule has 0 aliphatic carbocycles. The molecule has 1 aliphatic rings. The number of hydrogen-bond donors (Lipinski definition) is 2. The van der Waals surface area contributed by atoms with Crippen LogP contribution in [-0.2, 0) is 9.84 Å². The summed E-state index contributed by atoms with van der Waals surface area (Å²) in [6, 6.07) is 15.8. The van der Waals surface area contributed by atoms with Gasteiger partial charge >= 0.3 is 0 Å². The summed E-state index contributed by atoms with van der Waals surface area (Å²) in [4.78, 5) is 2.07. The number of hydrogen-bond acceptors (Lipinski definition) is 6. The molecule has 28 heavy (non-hydrogen) atoms. The SMILES string of the molecule is COc1ccc(N2C(=N)c3ccoc3NC2c2ccc(S(C)(=O)=O)cc2)cc1. The molecule has 0 amide bonds. The molecule has 0 radical (unpaired) electrons. The molecule has 0 saturated carbocycles.